The van der Waals surface area contributed by atoms with Crippen LogP contribution in [-0.2, 0) is 0 Å². The van der Waals surface area contributed by atoms with Gasteiger partial charge in [0.25, 0.3) is 5.91 Å². The number of nitrogens with one attached hydrogen (secondary N) is 1. The van der Waals surface area contributed by atoms with Crippen molar-refractivity contribution in [2.24, 2.45) is 0 Å². The van der Waals surface area contributed by atoms with E-state index in [4.69, 9.17) is 13.9 Å². The van der Waals surface area contributed by atoms with Gasteiger partial charge in [-0.1, -0.05) is 48.5 Å². The zero-order valence-corrected chi connectivity index (χ0v) is 14.9. The minimum Gasteiger partial charge on any atom is -0.459 e. The van der Waals surface area contributed by atoms with Crippen molar-refractivity contribution >= 4 is 16.9 Å². The summed E-state index contributed by atoms with van der Waals surface area (Å²) in [6.07, 6.45) is 0. The summed E-state index contributed by atoms with van der Waals surface area (Å²) in [5.74, 6) is 1.69. The lowest BCUT2D eigenvalue weighted by Crippen LogP contribution is -2.29. The van der Waals surface area contributed by atoms with E-state index in [1.165, 1.54) is 0 Å². The number of furan rings is 1. The molecule has 2 heterocycles. The Balaban J connectivity index is 1.50. The number of carbonyl (C=O) groups excluding carboxylic acids is 1. The lowest BCUT2D eigenvalue weighted by Gasteiger charge is -2.17. The molecule has 1 amide bonds. The Morgan fingerprint density at radius 3 is 2.50 bits per heavy atom. The van der Waals surface area contributed by atoms with E-state index in [-0.39, 0.29) is 12.7 Å². The van der Waals surface area contributed by atoms with Gasteiger partial charge >= 0.3 is 0 Å². The number of benzene rings is 3. The van der Waals surface area contributed by atoms with Crippen molar-refractivity contribution in [2.75, 3.05) is 6.79 Å². The SMILES string of the molecule is O=C(NC(c1ccccc1)c1cc2ccccc2o1)c1ccc2c(c1)OCO2. The predicted octanol–water partition coefficient (Wildman–Crippen LogP) is 4.68. The van der Waals surface area contributed by atoms with E-state index in [1.54, 1.807) is 18.2 Å². The first-order valence-corrected chi connectivity index (χ1v) is 9.02. The number of rotatable bonds is 4. The first kappa shape index (κ1) is 16.4. The minimum atomic E-state index is -0.411. The van der Waals surface area contributed by atoms with Gasteiger partial charge in [0, 0.05) is 10.9 Å². The van der Waals surface area contributed by atoms with Crippen LogP contribution in [0.2, 0.25) is 0 Å². The Morgan fingerprint density at radius 1 is 0.857 bits per heavy atom. The average Bonchev–Trinajstić information content (AvgIpc) is 3.38. The highest BCUT2D eigenvalue weighted by molar-refractivity contribution is 5.95. The molecule has 5 heteroatoms. The molecule has 1 unspecified atom stereocenters. The van der Waals surface area contributed by atoms with Crippen LogP contribution in [-0.4, -0.2) is 12.7 Å². The highest BCUT2D eigenvalue weighted by atomic mass is 16.7. The van der Waals surface area contributed by atoms with Gasteiger partial charge in [0.15, 0.2) is 11.5 Å². The molecule has 4 aromatic rings. The van der Waals surface area contributed by atoms with Crippen molar-refractivity contribution in [3.05, 3.63) is 95.7 Å². The molecule has 0 aliphatic carbocycles. The van der Waals surface area contributed by atoms with Crippen molar-refractivity contribution in [1.29, 1.82) is 0 Å². The van der Waals surface area contributed by atoms with Crippen molar-refractivity contribution in [2.45, 2.75) is 6.04 Å². The molecule has 138 valence electrons. The molecule has 1 aromatic heterocycles. The smallest absolute Gasteiger partial charge is 0.252 e. The number of fused-ring (bicyclic) bond motifs is 2. The highest BCUT2D eigenvalue weighted by Crippen LogP contribution is 2.33. The normalized spacial score (nSPS) is 13.4. The van der Waals surface area contributed by atoms with Crippen LogP contribution in [0.5, 0.6) is 11.5 Å². The van der Waals surface area contributed by atoms with Gasteiger partial charge in [-0.25, -0.2) is 0 Å². The molecule has 1 aliphatic heterocycles. The van der Waals surface area contributed by atoms with Crippen LogP contribution in [0.25, 0.3) is 11.0 Å². The minimum absolute atomic E-state index is 0.173. The molecule has 1 N–H and O–H groups in total. The molecule has 3 aromatic carbocycles. The summed E-state index contributed by atoms with van der Waals surface area (Å²) in [5, 5.41) is 4.09. The molecule has 0 fully saturated rings. The van der Waals surface area contributed by atoms with Gasteiger partial charge < -0.3 is 19.2 Å². The van der Waals surface area contributed by atoms with E-state index in [1.807, 2.05) is 60.7 Å². The quantitative estimate of drug-likeness (QED) is 0.566. The van der Waals surface area contributed by atoms with Gasteiger partial charge in [-0.2, -0.15) is 0 Å². The highest BCUT2D eigenvalue weighted by Gasteiger charge is 2.23. The molecule has 0 spiro atoms. The summed E-state index contributed by atoms with van der Waals surface area (Å²) in [6, 6.07) is 24.3. The van der Waals surface area contributed by atoms with E-state index >= 15 is 0 Å². The van der Waals surface area contributed by atoms with Crippen molar-refractivity contribution < 1.29 is 18.7 Å². The van der Waals surface area contributed by atoms with Crippen LogP contribution in [0.15, 0.2) is 83.3 Å². The van der Waals surface area contributed by atoms with Gasteiger partial charge in [0.05, 0.1) is 0 Å². The predicted molar refractivity (Wildman–Crippen MR) is 105 cm³/mol. The van der Waals surface area contributed by atoms with Crippen LogP contribution >= 0.6 is 0 Å². The number of amides is 1. The molecule has 0 saturated carbocycles. The van der Waals surface area contributed by atoms with Crippen molar-refractivity contribution in [3.63, 3.8) is 0 Å². The fourth-order valence-electron chi connectivity index (χ4n) is 3.36. The lowest BCUT2D eigenvalue weighted by molar-refractivity contribution is 0.0939. The maximum atomic E-state index is 13.0. The van der Waals surface area contributed by atoms with E-state index in [9.17, 15) is 4.79 Å². The number of hydrogen-bond donors (Lipinski definition) is 1. The maximum absolute atomic E-state index is 13.0. The summed E-state index contributed by atoms with van der Waals surface area (Å²) >= 11 is 0. The monoisotopic (exact) mass is 371 g/mol. The number of hydrogen-bond acceptors (Lipinski definition) is 4. The number of carbonyl (C=O) groups is 1. The largest absolute Gasteiger partial charge is 0.459 e. The average molecular weight is 371 g/mol. The Bertz CT molecular complexity index is 1120. The molecule has 28 heavy (non-hydrogen) atoms. The van der Waals surface area contributed by atoms with Gasteiger partial charge in [0.2, 0.25) is 6.79 Å². The van der Waals surface area contributed by atoms with E-state index in [0.717, 1.165) is 16.5 Å². The second kappa shape index (κ2) is 6.78. The van der Waals surface area contributed by atoms with Crippen LogP contribution < -0.4 is 14.8 Å². The lowest BCUT2D eigenvalue weighted by atomic mass is 10.0. The van der Waals surface area contributed by atoms with Crippen LogP contribution in [0, 0.1) is 0 Å². The summed E-state index contributed by atoms with van der Waals surface area (Å²) < 4.78 is 16.7. The Kier molecular flexibility index (Phi) is 3.98. The van der Waals surface area contributed by atoms with Gasteiger partial charge in [0.1, 0.15) is 17.4 Å². The second-order valence-corrected chi connectivity index (χ2v) is 6.57. The van der Waals surface area contributed by atoms with Crippen LogP contribution in [0.3, 0.4) is 0 Å². The van der Waals surface area contributed by atoms with Crippen LogP contribution in [0.4, 0.5) is 0 Å². The van der Waals surface area contributed by atoms with E-state index in [2.05, 4.69) is 5.32 Å². The molecule has 0 saturated heterocycles. The third-order valence-electron chi connectivity index (χ3n) is 4.77. The van der Waals surface area contributed by atoms with E-state index in [0.29, 0.717) is 22.8 Å². The maximum Gasteiger partial charge on any atom is 0.252 e. The number of ether oxygens (including phenoxy) is 2. The summed E-state index contributed by atoms with van der Waals surface area (Å²) in [6.45, 7) is 0.173. The standard InChI is InChI=1S/C23H17NO4/c25-23(17-10-11-19-20(13-17)27-14-26-19)24-22(15-6-2-1-3-7-15)21-12-16-8-4-5-9-18(16)28-21/h1-13,22H,14H2,(H,24,25). The molecular weight excluding hydrogens is 354 g/mol. The third-order valence-corrected chi connectivity index (χ3v) is 4.77. The van der Waals surface area contributed by atoms with Gasteiger partial charge in [-0.05, 0) is 35.9 Å². The summed E-state index contributed by atoms with van der Waals surface area (Å²) in [7, 11) is 0. The Morgan fingerprint density at radius 2 is 1.64 bits per heavy atom. The topological polar surface area (TPSA) is 60.7 Å². The molecule has 5 rings (SSSR count). The first-order chi connectivity index (χ1) is 13.8. The molecule has 0 bridgehead atoms. The molecule has 1 atom stereocenters. The van der Waals surface area contributed by atoms with Gasteiger partial charge in [-0.3, -0.25) is 4.79 Å². The van der Waals surface area contributed by atoms with Crippen LogP contribution in [0.1, 0.15) is 27.7 Å². The van der Waals surface area contributed by atoms with Crippen molar-refractivity contribution in [3.8, 4) is 11.5 Å². The zero-order valence-electron chi connectivity index (χ0n) is 14.9. The molecular formula is C23H17NO4. The Labute approximate surface area is 161 Å². The summed E-state index contributed by atoms with van der Waals surface area (Å²) in [5.41, 5.74) is 2.23. The third kappa shape index (κ3) is 2.97. The van der Waals surface area contributed by atoms with Gasteiger partial charge in [-0.15, -0.1) is 0 Å². The fraction of sp³-hybridized carbons (Fsp3) is 0.0870. The Hall–Kier alpha value is -3.73. The number of para-hydroxylation sites is 1. The van der Waals surface area contributed by atoms with Crippen molar-refractivity contribution in [1.82, 2.24) is 5.32 Å². The fourth-order valence-corrected chi connectivity index (χ4v) is 3.36. The molecule has 5 nitrogen and oxygen atoms in total. The van der Waals surface area contributed by atoms with E-state index < -0.39 is 6.04 Å². The zero-order chi connectivity index (χ0) is 18.9. The first-order valence-electron chi connectivity index (χ1n) is 9.02. The molecule has 0 radical (unpaired) electrons. The molecule has 1 aliphatic rings. The second-order valence-electron chi connectivity index (χ2n) is 6.57. The summed E-state index contributed by atoms with van der Waals surface area (Å²) in [4.78, 5) is 13.0.